The Balaban J connectivity index is 1.58. The highest BCUT2D eigenvalue weighted by atomic mass is 16.5. The molecule has 7 nitrogen and oxygen atoms in total. The number of nitrogens with one attached hydrogen (secondary N) is 2. The molecule has 1 atom stereocenters. The van der Waals surface area contributed by atoms with Crippen LogP contribution in [0.2, 0.25) is 0 Å². The maximum absolute atomic E-state index is 13.2. The van der Waals surface area contributed by atoms with E-state index in [1.54, 1.807) is 31.5 Å². The third-order valence-corrected chi connectivity index (χ3v) is 5.50. The van der Waals surface area contributed by atoms with Crippen molar-refractivity contribution in [2.45, 2.75) is 19.4 Å². The van der Waals surface area contributed by atoms with Crippen molar-refractivity contribution in [3.63, 3.8) is 0 Å². The second-order valence-corrected chi connectivity index (χ2v) is 7.65. The molecule has 3 N–H and O–H groups in total. The summed E-state index contributed by atoms with van der Waals surface area (Å²) in [7, 11) is 1.56. The summed E-state index contributed by atoms with van der Waals surface area (Å²) >= 11 is 0. The summed E-state index contributed by atoms with van der Waals surface area (Å²) in [5, 5.41) is 14.0. The van der Waals surface area contributed by atoms with Crippen LogP contribution < -0.4 is 14.8 Å². The third kappa shape index (κ3) is 4.99. The van der Waals surface area contributed by atoms with Gasteiger partial charge in [0.2, 0.25) is 5.88 Å². The van der Waals surface area contributed by atoms with E-state index in [1.807, 2.05) is 49.5 Å². The van der Waals surface area contributed by atoms with Crippen molar-refractivity contribution in [3.05, 3.63) is 78.1 Å². The van der Waals surface area contributed by atoms with Crippen molar-refractivity contribution in [3.8, 4) is 22.8 Å². The molecule has 0 aliphatic rings. The van der Waals surface area contributed by atoms with Gasteiger partial charge in [-0.2, -0.15) is 0 Å². The fourth-order valence-corrected chi connectivity index (χ4v) is 3.83. The Labute approximate surface area is 192 Å². The van der Waals surface area contributed by atoms with Crippen LogP contribution >= 0.6 is 0 Å². The molecule has 4 aromatic rings. The van der Waals surface area contributed by atoms with Gasteiger partial charge in [0.25, 0.3) is 5.91 Å². The zero-order chi connectivity index (χ0) is 23.2. The topological polar surface area (TPSA) is 96.5 Å². The number of aliphatic hydroxyl groups excluding tert-OH is 1. The van der Waals surface area contributed by atoms with Crippen LogP contribution in [0.4, 0.5) is 0 Å². The van der Waals surface area contributed by atoms with E-state index in [0.717, 1.165) is 27.6 Å². The number of amides is 1. The number of aromatic nitrogens is 2. The zero-order valence-electron chi connectivity index (χ0n) is 18.7. The molecule has 0 bridgehead atoms. The molecule has 2 heterocycles. The number of fused-ring (bicyclic) bond motifs is 1. The quantitative estimate of drug-likeness (QED) is 0.362. The highest BCUT2D eigenvalue weighted by molar-refractivity contribution is 5.98. The van der Waals surface area contributed by atoms with Gasteiger partial charge < -0.3 is 24.9 Å². The van der Waals surface area contributed by atoms with Crippen LogP contribution in [0, 0.1) is 0 Å². The molecule has 170 valence electrons. The van der Waals surface area contributed by atoms with Gasteiger partial charge in [-0.05, 0) is 48.7 Å². The first-order valence-corrected chi connectivity index (χ1v) is 10.9. The molecule has 0 radical (unpaired) electrons. The van der Waals surface area contributed by atoms with E-state index in [4.69, 9.17) is 9.47 Å². The first-order chi connectivity index (χ1) is 16.1. The second-order valence-electron chi connectivity index (χ2n) is 7.65. The number of carbonyl (C=O) groups excluding carboxylic acids is 1. The van der Waals surface area contributed by atoms with E-state index in [9.17, 15) is 9.90 Å². The fraction of sp³-hybridized carbons (Fsp3) is 0.231. The number of pyridine rings is 1. The van der Waals surface area contributed by atoms with E-state index in [-0.39, 0.29) is 12.5 Å². The van der Waals surface area contributed by atoms with Crippen molar-refractivity contribution in [1.29, 1.82) is 0 Å². The molecule has 0 aliphatic heterocycles. The Morgan fingerprint density at radius 2 is 1.97 bits per heavy atom. The third-order valence-electron chi connectivity index (χ3n) is 5.50. The Bertz CT molecular complexity index is 1230. The number of hydrogen-bond acceptors (Lipinski definition) is 5. The molecule has 0 saturated carbocycles. The predicted molar refractivity (Wildman–Crippen MR) is 128 cm³/mol. The average Bonchev–Trinajstić information content (AvgIpc) is 3.26. The molecule has 2 aromatic heterocycles. The molecule has 2 aromatic carbocycles. The Kier molecular flexibility index (Phi) is 6.90. The number of ether oxygens (including phenoxy) is 2. The molecule has 7 heteroatoms. The van der Waals surface area contributed by atoms with Crippen molar-refractivity contribution < 1.29 is 19.4 Å². The summed E-state index contributed by atoms with van der Waals surface area (Å²) in [5.41, 5.74) is 4.15. The summed E-state index contributed by atoms with van der Waals surface area (Å²) in [6, 6.07) is 16.6. The van der Waals surface area contributed by atoms with Crippen LogP contribution in [-0.4, -0.2) is 47.3 Å². The van der Waals surface area contributed by atoms with E-state index < -0.39 is 6.04 Å². The van der Waals surface area contributed by atoms with Gasteiger partial charge in [0, 0.05) is 34.9 Å². The van der Waals surface area contributed by atoms with Gasteiger partial charge >= 0.3 is 0 Å². The van der Waals surface area contributed by atoms with E-state index >= 15 is 0 Å². The number of H-pyrrole nitrogens is 1. The summed E-state index contributed by atoms with van der Waals surface area (Å²) in [5.74, 6) is 0.704. The van der Waals surface area contributed by atoms with Crippen LogP contribution in [0.1, 0.15) is 22.8 Å². The Hall–Kier alpha value is -3.84. The first-order valence-electron chi connectivity index (χ1n) is 10.9. The summed E-state index contributed by atoms with van der Waals surface area (Å²) in [6.07, 6.45) is 4.12. The lowest BCUT2D eigenvalue weighted by Crippen LogP contribution is -2.39. The van der Waals surface area contributed by atoms with Crippen molar-refractivity contribution in [2.24, 2.45) is 0 Å². The van der Waals surface area contributed by atoms with Gasteiger partial charge in [0.15, 0.2) is 0 Å². The van der Waals surface area contributed by atoms with Gasteiger partial charge in [0.05, 0.1) is 31.9 Å². The number of para-hydroxylation sites is 1. The Morgan fingerprint density at radius 1 is 1.15 bits per heavy atom. The highest BCUT2D eigenvalue weighted by Crippen LogP contribution is 2.28. The average molecular weight is 446 g/mol. The normalized spacial score (nSPS) is 11.8. The molecule has 0 saturated heterocycles. The second kappa shape index (κ2) is 10.2. The number of methoxy groups -OCH3 is 1. The molecule has 33 heavy (non-hydrogen) atoms. The molecule has 0 spiro atoms. The van der Waals surface area contributed by atoms with Crippen molar-refractivity contribution in [2.75, 3.05) is 20.3 Å². The standard InChI is InChI=1S/C26H27N3O4/c1-3-33-24-10-8-17(18-9-11-25(32-2)28-14-18)13-22(24)26(31)29-20(16-30)12-19-15-27-23-7-5-4-6-21(19)23/h4-11,13-15,20,27,30H,3,12,16H2,1-2H3,(H,29,31)/t20-/m1/s1. The number of aliphatic hydroxyl groups is 1. The molecule has 4 rings (SSSR count). The SMILES string of the molecule is CCOc1ccc(-c2ccc(OC)nc2)cc1C(=O)N[C@@H](CO)Cc1c[nH]c2ccccc12. The van der Waals surface area contributed by atoms with Gasteiger partial charge in [-0.3, -0.25) is 4.79 Å². The molecular weight excluding hydrogens is 418 g/mol. The zero-order valence-corrected chi connectivity index (χ0v) is 18.7. The molecule has 0 fully saturated rings. The monoisotopic (exact) mass is 445 g/mol. The van der Waals surface area contributed by atoms with Crippen LogP contribution in [-0.2, 0) is 6.42 Å². The molecule has 0 aliphatic carbocycles. The van der Waals surface area contributed by atoms with E-state index in [2.05, 4.69) is 15.3 Å². The van der Waals surface area contributed by atoms with Gasteiger partial charge in [-0.1, -0.05) is 24.3 Å². The van der Waals surface area contributed by atoms with Crippen molar-refractivity contribution >= 4 is 16.8 Å². The number of nitrogens with zero attached hydrogens (tertiary/aromatic N) is 1. The van der Waals surface area contributed by atoms with Crippen LogP contribution in [0.5, 0.6) is 11.6 Å². The lowest BCUT2D eigenvalue weighted by molar-refractivity contribution is 0.0913. The van der Waals surface area contributed by atoms with Crippen LogP contribution in [0.15, 0.2) is 67.0 Å². The lowest BCUT2D eigenvalue weighted by Gasteiger charge is -2.18. The maximum Gasteiger partial charge on any atom is 0.255 e. The molecule has 1 amide bonds. The number of hydrogen-bond donors (Lipinski definition) is 3. The molecular formula is C26H27N3O4. The number of carbonyl (C=O) groups is 1. The van der Waals surface area contributed by atoms with E-state index in [0.29, 0.717) is 30.2 Å². The van der Waals surface area contributed by atoms with Crippen LogP contribution in [0.3, 0.4) is 0 Å². The summed E-state index contributed by atoms with van der Waals surface area (Å²) < 4.78 is 10.8. The van der Waals surface area contributed by atoms with Crippen molar-refractivity contribution in [1.82, 2.24) is 15.3 Å². The fourth-order valence-electron chi connectivity index (χ4n) is 3.83. The summed E-state index contributed by atoms with van der Waals surface area (Å²) in [4.78, 5) is 20.7. The Morgan fingerprint density at radius 3 is 2.70 bits per heavy atom. The van der Waals surface area contributed by atoms with Gasteiger partial charge in [-0.15, -0.1) is 0 Å². The van der Waals surface area contributed by atoms with Gasteiger partial charge in [-0.25, -0.2) is 4.98 Å². The minimum atomic E-state index is -0.447. The minimum absolute atomic E-state index is 0.183. The predicted octanol–water partition coefficient (Wildman–Crippen LogP) is 3.97. The number of rotatable bonds is 9. The minimum Gasteiger partial charge on any atom is -0.493 e. The lowest BCUT2D eigenvalue weighted by atomic mass is 10.0. The first kappa shape index (κ1) is 22.4. The summed E-state index contributed by atoms with van der Waals surface area (Å²) in [6.45, 7) is 2.12. The largest absolute Gasteiger partial charge is 0.493 e. The molecule has 0 unspecified atom stereocenters. The highest BCUT2D eigenvalue weighted by Gasteiger charge is 2.19. The van der Waals surface area contributed by atoms with Gasteiger partial charge in [0.1, 0.15) is 5.75 Å². The smallest absolute Gasteiger partial charge is 0.255 e. The maximum atomic E-state index is 13.2. The van der Waals surface area contributed by atoms with Crippen LogP contribution in [0.25, 0.3) is 22.0 Å². The number of benzene rings is 2. The number of aromatic amines is 1. The van der Waals surface area contributed by atoms with E-state index in [1.165, 1.54) is 0 Å².